The third kappa shape index (κ3) is 5.47. The molecule has 1 aromatic carbocycles. The summed E-state index contributed by atoms with van der Waals surface area (Å²) >= 11 is 0. The molecule has 0 aromatic heterocycles. The number of non-ortho nitro benzene ring substituents is 1. The summed E-state index contributed by atoms with van der Waals surface area (Å²) < 4.78 is 0. The molecule has 132 valence electrons. The molecule has 0 aliphatic carbocycles. The number of likely N-dealkylation sites (tertiary alicyclic amines) is 1. The Morgan fingerprint density at radius 1 is 1.46 bits per heavy atom. The minimum absolute atomic E-state index is 0.0596. The number of piperidine rings is 1. The van der Waals surface area contributed by atoms with Gasteiger partial charge in [0, 0.05) is 43.5 Å². The van der Waals surface area contributed by atoms with Gasteiger partial charge in [0.25, 0.3) is 5.69 Å². The Labute approximate surface area is 141 Å². The van der Waals surface area contributed by atoms with Crippen LogP contribution in [0.4, 0.5) is 16.2 Å². The fourth-order valence-corrected chi connectivity index (χ4v) is 2.74. The number of aliphatic hydroxyl groups excluding tert-OH is 1. The molecule has 1 aromatic rings. The molecule has 2 rings (SSSR count). The van der Waals surface area contributed by atoms with E-state index in [9.17, 15) is 20.0 Å². The minimum atomic E-state index is -0.496. The van der Waals surface area contributed by atoms with Crippen LogP contribution >= 0.6 is 0 Å². The molecule has 0 saturated carbocycles. The molecule has 2 amide bonds. The number of nitrogens with zero attached hydrogens (tertiary/aromatic N) is 2. The SMILES string of the molecule is CC[C@@H](O)CN1CCC(NC(=O)Nc2cccc([N+](=O)[O-])c2)CC1. The summed E-state index contributed by atoms with van der Waals surface area (Å²) in [5.41, 5.74) is 0.334. The Balaban J connectivity index is 1.77. The third-order valence-corrected chi connectivity index (χ3v) is 4.18. The van der Waals surface area contributed by atoms with E-state index < -0.39 is 4.92 Å². The van der Waals surface area contributed by atoms with Crippen molar-refractivity contribution in [3.05, 3.63) is 34.4 Å². The van der Waals surface area contributed by atoms with Gasteiger partial charge in [0.15, 0.2) is 0 Å². The lowest BCUT2D eigenvalue weighted by Crippen LogP contribution is -2.47. The average molecular weight is 336 g/mol. The number of anilines is 1. The Morgan fingerprint density at radius 3 is 2.79 bits per heavy atom. The zero-order valence-corrected chi connectivity index (χ0v) is 13.8. The van der Waals surface area contributed by atoms with E-state index in [1.54, 1.807) is 6.07 Å². The normalized spacial score (nSPS) is 17.2. The van der Waals surface area contributed by atoms with Crippen molar-refractivity contribution in [1.29, 1.82) is 0 Å². The van der Waals surface area contributed by atoms with Crippen LogP contribution in [-0.2, 0) is 0 Å². The maximum Gasteiger partial charge on any atom is 0.319 e. The number of carbonyl (C=O) groups is 1. The van der Waals surface area contributed by atoms with Crippen molar-refractivity contribution in [3.63, 3.8) is 0 Å². The second-order valence-corrected chi connectivity index (χ2v) is 6.04. The van der Waals surface area contributed by atoms with Gasteiger partial charge in [-0.1, -0.05) is 13.0 Å². The van der Waals surface area contributed by atoms with Crippen molar-refractivity contribution in [2.24, 2.45) is 0 Å². The van der Waals surface area contributed by atoms with E-state index in [-0.39, 0.29) is 23.9 Å². The highest BCUT2D eigenvalue weighted by Gasteiger charge is 2.22. The molecule has 1 atom stereocenters. The largest absolute Gasteiger partial charge is 0.392 e. The lowest BCUT2D eigenvalue weighted by Gasteiger charge is -2.33. The summed E-state index contributed by atoms with van der Waals surface area (Å²) in [5.74, 6) is 0. The zero-order valence-electron chi connectivity index (χ0n) is 13.8. The van der Waals surface area contributed by atoms with Crippen LogP contribution < -0.4 is 10.6 Å². The molecule has 8 heteroatoms. The highest BCUT2D eigenvalue weighted by molar-refractivity contribution is 5.89. The Hall–Kier alpha value is -2.19. The van der Waals surface area contributed by atoms with Gasteiger partial charge in [0.05, 0.1) is 11.0 Å². The number of benzene rings is 1. The molecule has 1 aliphatic rings. The van der Waals surface area contributed by atoms with Gasteiger partial charge in [-0.25, -0.2) is 4.79 Å². The second-order valence-electron chi connectivity index (χ2n) is 6.04. The van der Waals surface area contributed by atoms with Gasteiger partial charge >= 0.3 is 6.03 Å². The van der Waals surface area contributed by atoms with Crippen molar-refractivity contribution in [2.45, 2.75) is 38.3 Å². The van der Waals surface area contributed by atoms with Crippen molar-refractivity contribution >= 4 is 17.4 Å². The van der Waals surface area contributed by atoms with Gasteiger partial charge in [-0.15, -0.1) is 0 Å². The van der Waals surface area contributed by atoms with E-state index in [1.807, 2.05) is 6.92 Å². The molecule has 3 N–H and O–H groups in total. The Morgan fingerprint density at radius 2 is 2.17 bits per heavy atom. The van der Waals surface area contributed by atoms with Crippen LogP contribution in [0.2, 0.25) is 0 Å². The number of nitro benzene ring substituents is 1. The number of β-amino-alcohol motifs (C(OH)–C–C–N with tert-alkyl or cyclic N) is 1. The van der Waals surface area contributed by atoms with E-state index in [0.29, 0.717) is 12.2 Å². The smallest absolute Gasteiger partial charge is 0.319 e. The first kappa shape index (κ1) is 18.2. The molecule has 24 heavy (non-hydrogen) atoms. The molecule has 1 fully saturated rings. The highest BCUT2D eigenvalue weighted by Crippen LogP contribution is 2.17. The number of nitro groups is 1. The minimum Gasteiger partial charge on any atom is -0.392 e. The topological polar surface area (TPSA) is 108 Å². The van der Waals surface area contributed by atoms with E-state index in [0.717, 1.165) is 32.4 Å². The van der Waals surface area contributed by atoms with Crippen LogP contribution in [-0.4, -0.2) is 52.7 Å². The van der Waals surface area contributed by atoms with Gasteiger partial charge < -0.3 is 20.6 Å². The standard InChI is InChI=1S/C16H24N4O4/c1-2-15(21)11-19-8-6-12(7-9-19)17-16(22)18-13-4-3-5-14(10-13)20(23)24/h3-5,10,12,15,21H,2,6-9,11H2,1H3,(H2,17,18,22)/t15-/m1/s1. The monoisotopic (exact) mass is 336 g/mol. The first-order chi connectivity index (χ1) is 11.5. The van der Waals surface area contributed by atoms with Gasteiger partial charge in [-0.2, -0.15) is 0 Å². The molecular weight excluding hydrogens is 312 g/mol. The maximum atomic E-state index is 12.0. The number of nitrogens with one attached hydrogen (secondary N) is 2. The number of rotatable bonds is 6. The summed E-state index contributed by atoms with van der Waals surface area (Å²) in [4.78, 5) is 24.5. The fourth-order valence-electron chi connectivity index (χ4n) is 2.74. The molecule has 1 aliphatic heterocycles. The molecule has 0 bridgehead atoms. The number of aliphatic hydroxyl groups is 1. The van der Waals surface area contributed by atoms with Crippen LogP contribution in [0.3, 0.4) is 0 Å². The van der Waals surface area contributed by atoms with Gasteiger partial charge in [0.2, 0.25) is 0 Å². The van der Waals surface area contributed by atoms with Crippen molar-refractivity contribution in [3.8, 4) is 0 Å². The summed E-state index contributed by atoms with van der Waals surface area (Å²) in [6.07, 6.45) is 2.08. The van der Waals surface area contributed by atoms with Crippen molar-refractivity contribution in [2.75, 3.05) is 25.0 Å². The number of hydrogen-bond acceptors (Lipinski definition) is 5. The summed E-state index contributed by atoms with van der Waals surface area (Å²) in [6, 6.07) is 5.56. The van der Waals surface area contributed by atoms with Crippen LogP contribution in [0.25, 0.3) is 0 Å². The molecule has 1 heterocycles. The number of amides is 2. The molecular formula is C16H24N4O4. The average Bonchev–Trinajstić information content (AvgIpc) is 2.56. The van der Waals surface area contributed by atoms with Crippen LogP contribution in [0.1, 0.15) is 26.2 Å². The molecule has 8 nitrogen and oxygen atoms in total. The predicted molar refractivity (Wildman–Crippen MR) is 91.0 cm³/mol. The van der Waals surface area contributed by atoms with Gasteiger partial charge in [0.1, 0.15) is 0 Å². The summed E-state index contributed by atoms with van der Waals surface area (Å²) in [7, 11) is 0. The number of urea groups is 1. The zero-order chi connectivity index (χ0) is 17.5. The number of hydrogen-bond donors (Lipinski definition) is 3. The van der Waals surface area contributed by atoms with Crippen LogP contribution in [0.15, 0.2) is 24.3 Å². The van der Waals surface area contributed by atoms with E-state index in [2.05, 4.69) is 15.5 Å². The first-order valence-corrected chi connectivity index (χ1v) is 8.20. The van der Waals surface area contributed by atoms with Crippen molar-refractivity contribution in [1.82, 2.24) is 10.2 Å². The van der Waals surface area contributed by atoms with Crippen LogP contribution in [0, 0.1) is 10.1 Å². The molecule has 1 saturated heterocycles. The molecule has 0 unspecified atom stereocenters. The van der Waals surface area contributed by atoms with Gasteiger partial charge in [-0.05, 0) is 25.3 Å². The van der Waals surface area contributed by atoms with Gasteiger partial charge in [-0.3, -0.25) is 10.1 Å². The predicted octanol–water partition coefficient (Wildman–Crippen LogP) is 1.95. The lowest BCUT2D eigenvalue weighted by atomic mass is 10.0. The molecule has 0 radical (unpaired) electrons. The Bertz CT molecular complexity index is 573. The Kier molecular flexibility index (Phi) is 6.51. The van der Waals surface area contributed by atoms with Crippen molar-refractivity contribution < 1.29 is 14.8 Å². The lowest BCUT2D eigenvalue weighted by molar-refractivity contribution is -0.384. The first-order valence-electron chi connectivity index (χ1n) is 8.20. The van der Waals surface area contributed by atoms with E-state index >= 15 is 0 Å². The van der Waals surface area contributed by atoms with E-state index in [1.165, 1.54) is 18.2 Å². The molecule has 0 spiro atoms. The maximum absolute atomic E-state index is 12.0. The summed E-state index contributed by atoms with van der Waals surface area (Å²) in [5, 5.41) is 25.9. The summed E-state index contributed by atoms with van der Waals surface area (Å²) in [6.45, 7) is 4.29. The van der Waals surface area contributed by atoms with Crippen LogP contribution in [0.5, 0.6) is 0 Å². The van der Waals surface area contributed by atoms with E-state index in [4.69, 9.17) is 0 Å². The fraction of sp³-hybridized carbons (Fsp3) is 0.562. The highest BCUT2D eigenvalue weighted by atomic mass is 16.6. The number of carbonyl (C=O) groups excluding carboxylic acids is 1. The third-order valence-electron chi connectivity index (χ3n) is 4.18. The second kappa shape index (κ2) is 8.60. The quantitative estimate of drug-likeness (QED) is 0.543.